The lowest BCUT2D eigenvalue weighted by atomic mass is 9.87. The molecule has 68 valence electrons. The van der Waals surface area contributed by atoms with Crippen LogP contribution in [0.25, 0.3) is 0 Å². The van der Waals surface area contributed by atoms with Crippen LogP contribution in [0.4, 0.5) is 0 Å². The zero-order valence-corrected chi connectivity index (χ0v) is 7.71. The second-order valence-electron chi connectivity index (χ2n) is 3.67. The lowest BCUT2D eigenvalue weighted by Gasteiger charge is -2.38. The highest BCUT2D eigenvalue weighted by molar-refractivity contribution is 4.97. The van der Waals surface area contributed by atoms with Gasteiger partial charge in [-0.1, -0.05) is 6.92 Å². The molecule has 0 aromatic carbocycles. The third-order valence-electron chi connectivity index (χ3n) is 2.57. The van der Waals surface area contributed by atoms with Gasteiger partial charge in [0.25, 0.3) is 0 Å². The molecule has 0 saturated carbocycles. The fourth-order valence-electron chi connectivity index (χ4n) is 1.83. The molecule has 1 aliphatic rings. The summed E-state index contributed by atoms with van der Waals surface area (Å²) in [5, 5.41) is 8.59. The molecule has 1 rings (SSSR count). The van der Waals surface area contributed by atoms with Crippen LogP contribution in [0.15, 0.2) is 0 Å². The monoisotopic (exact) mass is 167 g/mol. The standard InChI is InChI=1S/C9H17N3/c1-2-12-7-3-4-9(11,8-12)5-6-10/h2-5,7-8,11H2,1H3. The van der Waals surface area contributed by atoms with Crippen LogP contribution in [0, 0.1) is 11.3 Å². The minimum atomic E-state index is -0.233. The Hall–Kier alpha value is -0.590. The highest BCUT2D eigenvalue weighted by Gasteiger charge is 2.30. The summed E-state index contributed by atoms with van der Waals surface area (Å²) in [7, 11) is 0. The summed E-state index contributed by atoms with van der Waals surface area (Å²) in [5.74, 6) is 0. The number of nitrogens with zero attached hydrogens (tertiary/aromatic N) is 2. The molecule has 2 N–H and O–H groups in total. The van der Waals surface area contributed by atoms with Crippen molar-refractivity contribution in [3.63, 3.8) is 0 Å². The molecule has 0 aliphatic carbocycles. The average molecular weight is 167 g/mol. The molecule has 3 nitrogen and oxygen atoms in total. The Kier molecular flexibility index (Phi) is 3.07. The van der Waals surface area contributed by atoms with E-state index in [-0.39, 0.29) is 5.54 Å². The highest BCUT2D eigenvalue weighted by atomic mass is 15.2. The van der Waals surface area contributed by atoms with Gasteiger partial charge in [0, 0.05) is 12.1 Å². The number of hydrogen-bond donors (Lipinski definition) is 1. The molecular weight excluding hydrogens is 150 g/mol. The van der Waals surface area contributed by atoms with Crippen LogP contribution in [-0.2, 0) is 0 Å². The van der Waals surface area contributed by atoms with Crippen LogP contribution < -0.4 is 5.73 Å². The Bertz CT molecular complexity index is 185. The second kappa shape index (κ2) is 3.88. The number of likely N-dealkylation sites (tertiary alicyclic amines) is 1. The number of rotatable bonds is 2. The molecule has 0 radical (unpaired) electrons. The third-order valence-corrected chi connectivity index (χ3v) is 2.57. The zero-order chi connectivity index (χ0) is 9.03. The normalized spacial score (nSPS) is 31.4. The van der Waals surface area contributed by atoms with Crippen molar-refractivity contribution in [1.82, 2.24) is 4.90 Å². The molecule has 0 aromatic rings. The molecular formula is C9H17N3. The van der Waals surface area contributed by atoms with E-state index in [2.05, 4.69) is 17.9 Å². The summed E-state index contributed by atoms with van der Waals surface area (Å²) >= 11 is 0. The van der Waals surface area contributed by atoms with Gasteiger partial charge in [0.2, 0.25) is 0 Å². The van der Waals surface area contributed by atoms with Crippen LogP contribution in [0.5, 0.6) is 0 Å². The van der Waals surface area contributed by atoms with E-state index in [4.69, 9.17) is 11.0 Å². The van der Waals surface area contributed by atoms with E-state index in [9.17, 15) is 0 Å². The van der Waals surface area contributed by atoms with Crippen molar-refractivity contribution in [2.75, 3.05) is 19.6 Å². The van der Waals surface area contributed by atoms with E-state index in [0.29, 0.717) is 6.42 Å². The molecule has 12 heavy (non-hydrogen) atoms. The third kappa shape index (κ3) is 2.20. The summed E-state index contributed by atoms with van der Waals surface area (Å²) in [6.45, 7) is 5.21. The maximum Gasteiger partial charge on any atom is 0.0641 e. The maximum absolute atomic E-state index is 8.59. The van der Waals surface area contributed by atoms with Crippen LogP contribution in [-0.4, -0.2) is 30.1 Å². The maximum atomic E-state index is 8.59. The molecule has 1 saturated heterocycles. The summed E-state index contributed by atoms with van der Waals surface area (Å²) in [6, 6.07) is 2.17. The lowest BCUT2D eigenvalue weighted by Crippen LogP contribution is -2.53. The van der Waals surface area contributed by atoms with Gasteiger partial charge in [-0.05, 0) is 25.9 Å². The van der Waals surface area contributed by atoms with Gasteiger partial charge in [-0.25, -0.2) is 0 Å². The largest absolute Gasteiger partial charge is 0.323 e. The molecule has 0 amide bonds. The molecule has 1 unspecified atom stereocenters. The molecule has 0 spiro atoms. The van der Waals surface area contributed by atoms with Crippen molar-refractivity contribution in [2.24, 2.45) is 5.73 Å². The first-order chi connectivity index (χ1) is 5.70. The Morgan fingerprint density at radius 1 is 1.67 bits per heavy atom. The Balaban J connectivity index is 2.49. The fraction of sp³-hybridized carbons (Fsp3) is 0.889. The number of piperidine rings is 1. The topological polar surface area (TPSA) is 53.0 Å². The van der Waals surface area contributed by atoms with Crippen LogP contribution in [0.2, 0.25) is 0 Å². The number of likely N-dealkylation sites (N-methyl/N-ethyl adjacent to an activating group) is 1. The quantitative estimate of drug-likeness (QED) is 0.659. The zero-order valence-electron chi connectivity index (χ0n) is 7.71. The molecule has 1 atom stereocenters. The van der Waals surface area contributed by atoms with Crippen molar-refractivity contribution in [3.05, 3.63) is 0 Å². The van der Waals surface area contributed by atoms with Gasteiger partial charge in [-0.2, -0.15) is 5.26 Å². The Morgan fingerprint density at radius 3 is 3.00 bits per heavy atom. The van der Waals surface area contributed by atoms with Crippen molar-refractivity contribution in [1.29, 1.82) is 5.26 Å². The van der Waals surface area contributed by atoms with E-state index < -0.39 is 0 Å². The number of nitrogens with two attached hydrogens (primary N) is 1. The molecule has 1 heterocycles. The molecule has 3 heteroatoms. The molecule has 0 bridgehead atoms. The van der Waals surface area contributed by atoms with Crippen LogP contribution in [0.1, 0.15) is 26.2 Å². The first-order valence-corrected chi connectivity index (χ1v) is 4.58. The van der Waals surface area contributed by atoms with Gasteiger partial charge >= 0.3 is 0 Å². The van der Waals surface area contributed by atoms with Crippen molar-refractivity contribution >= 4 is 0 Å². The predicted octanol–water partition coefficient (Wildman–Crippen LogP) is 0.713. The fourth-order valence-corrected chi connectivity index (χ4v) is 1.83. The number of hydrogen-bond acceptors (Lipinski definition) is 3. The SMILES string of the molecule is CCN1CCCC(N)(CC#N)C1. The molecule has 0 aromatic heterocycles. The summed E-state index contributed by atoms with van der Waals surface area (Å²) in [4.78, 5) is 2.32. The van der Waals surface area contributed by atoms with Gasteiger partial charge in [0.15, 0.2) is 0 Å². The highest BCUT2D eigenvalue weighted by Crippen LogP contribution is 2.21. The minimum absolute atomic E-state index is 0.233. The summed E-state index contributed by atoms with van der Waals surface area (Å²) < 4.78 is 0. The number of nitriles is 1. The van der Waals surface area contributed by atoms with Gasteiger partial charge in [-0.15, -0.1) is 0 Å². The van der Waals surface area contributed by atoms with Crippen molar-refractivity contribution in [2.45, 2.75) is 31.7 Å². The van der Waals surface area contributed by atoms with Gasteiger partial charge in [0.05, 0.1) is 12.5 Å². The first-order valence-electron chi connectivity index (χ1n) is 4.58. The van der Waals surface area contributed by atoms with Crippen molar-refractivity contribution < 1.29 is 0 Å². The van der Waals surface area contributed by atoms with Crippen LogP contribution >= 0.6 is 0 Å². The van der Waals surface area contributed by atoms with E-state index in [0.717, 1.165) is 32.5 Å². The predicted molar refractivity (Wildman–Crippen MR) is 48.5 cm³/mol. The van der Waals surface area contributed by atoms with E-state index >= 15 is 0 Å². The Morgan fingerprint density at radius 2 is 2.42 bits per heavy atom. The van der Waals surface area contributed by atoms with E-state index in [1.165, 1.54) is 0 Å². The van der Waals surface area contributed by atoms with Gasteiger partial charge < -0.3 is 10.6 Å². The molecule has 1 aliphatic heterocycles. The molecule has 1 fully saturated rings. The average Bonchev–Trinajstić information content (AvgIpc) is 2.04. The lowest BCUT2D eigenvalue weighted by molar-refractivity contribution is 0.158. The van der Waals surface area contributed by atoms with E-state index in [1.807, 2.05) is 0 Å². The smallest absolute Gasteiger partial charge is 0.0641 e. The first kappa shape index (κ1) is 9.50. The Labute approximate surface area is 74.1 Å². The second-order valence-corrected chi connectivity index (χ2v) is 3.67. The minimum Gasteiger partial charge on any atom is -0.323 e. The van der Waals surface area contributed by atoms with Gasteiger partial charge in [0.1, 0.15) is 0 Å². The van der Waals surface area contributed by atoms with Crippen molar-refractivity contribution in [3.8, 4) is 6.07 Å². The van der Waals surface area contributed by atoms with E-state index in [1.54, 1.807) is 0 Å². The van der Waals surface area contributed by atoms with Gasteiger partial charge in [-0.3, -0.25) is 0 Å². The van der Waals surface area contributed by atoms with Crippen LogP contribution in [0.3, 0.4) is 0 Å². The summed E-state index contributed by atoms with van der Waals surface area (Å²) in [5.41, 5.74) is 5.84. The summed E-state index contributed by atoms with van der Waals surface area (Å²) in [6.07, 6.45) is 2.62.